The minimum Gasteiger partial charge on any atom is -0.355 e. The summed E-state index contributed by atoms with van der Waals surface area (Å²) < 4.78 is 0. The Morgan fingerprint density at radius 3 is 2.59 bits per heavy atom. The van der Waals surface area contributed by atoms with Crippen LogP contribution in [0, 0.1) is 12.8 Å². The molecule has 7 rings (SSSR count). The first-order valence-electron chi connectivity index (χ1n) is 14.2. The number of amides is 1. The predicted octanol–water partition coefficient (Wildman–Crippen LogP) is 5.26. The van der Waals surface area contributed by atoms with E-state index in [0.29, 0.717) is 23.7 Å². The second-order valence-corrected chi connectivity index (χ2v) is 11.8. The number of piperidine rings is 2. The molecule has 8 heteroatoms. The molecule has 1 amide bonds. The Morgan fingerprint density at radius 2 is 1.79 bits per heavy atom. The zero-order valence-electron chi connectivity index (χ0n) is 22.6. The number of likely N-dealkylation sites (tertiary alicyclic amines) is 1. The minimum absolute atomic E-state index is 0.193. The van der Waals surface area contributed by atoms with Gasteiger partial charge in [-0.15, -0.1) is 0 Å². The van der Waals surface area contributed by atoms with Crippen LogP contribution in [-0.2, 0) is 6.54 Å². The van der Waals surface area contributed by atoms with Gasteiger partial charge in [0, 0.05) is 61.4 Å². The van der Waals surface area contributed by atoms with E-state index in [2.05, 4.69) is 50.1 Å². The summed E-state index contributed by atoms with van der Waals surface area (Å²) in [7, 11) is 0. The first-order valence-corrected chi connectivity index (χ1v) is 14.6. The molecule has 204 valence electrons. The molecule has 0 radical (unpaired) electrons. The van der Waals surface area contributed by atoms with E-state index in [1.807, 2.05) is 12.1 Å². The Labute approximate surface area is 236 Å². The molecule has 7 nitrogen and oxygen atoms in total. The molecular formula is C31H37ClN6O. The number of pyridine rings is 2. The highest BCUT2D eigenvalue weighted by atomic mass is 35.5. The Bertz CT molecular complexity index is 1300. The van der Waals surface area contributed by atoms with Gasteiger partial charge in [0.05, 0.1) is 0 Å². The van der Waals surface area contributed by atoms with E-state index < -0.39 is 0 Å². The quantitative estimate of drug-likeness (QED) is 0.457. The van der Waals surface area contributed by atoms with Crippen molar-refractivity contribution in [2.45, 2.75) is 51.2 Å². The third-order valence-electron chi connectivity index (χ3n) is 8.61. The van der Waals surface area contributed by atoms with E-state index in [4.69, 9.17) is 16.6 Å². The van der Waals surface area contributed by atoms with Crippen LogP contribution in [0.4, 0.5) is 11.5 Å². The molecule has 4 saturated heterocycles. The third kappa shape index (κ3) is 6.11. The maximum absolute atomic E-state index is 12.9. The van der Waals surface area contributed by atoms with Crippen molar-refractivity contribution in [3.63, 3.8) is 0 Å². The molecule has 1 aromatic carbocycles. The fourth-order valence-electron chi connectivity index (χ4n) is 6.54. The largest absolute Gasteiger partial charge is 0.355 e. The van der Waals surface area contributed by atoms with Gasteiger partial charge in [-0.3, -0.25) is 19.6 Å². The molecular weight excluding hydrogens is 508 g/mol. The van der Waals surface area contributed by atoms with Crippen molar-refractivity contribution < 1.29 is 4.79 Å². The van der Waals surface area contributed by atoms with Gasteiger partial charge in [-0.1, -0.05) is 29.8 Å². The number of anilines is 2. The maximum atomic E-state index is 12.9. The van der Waals surface area contributed by atoms with Crippen molar-refractivity contribution in [1.29, 1.82) is 0 Å². The number of aryl methyl sites for hydroxylation is 1. The molecule has 4 aliphatic rings. The molecule has 2 atom stereocenters. The predicted molar refractivity (Wildman–Crippen MR) is 156 cm³/mol. The van der Waals surface area contributed by atoms with Crippen molar-refractivity contribution in [3.8, 4) is 0 Å². The number of carbonyl (C=O) groups is 1. The summed E-state index contributed by atoms with van der Waals surface area (Å²) in [5, 5.41) is 3.81. The van der Waals surface area contributed by atoms with Crippen molar-refractivity contribution in [2.75, 3.05) is 42.9 Å². The number of halogens is 1. The van der Waals surface area contributed by atoms with Crippen LogP contribution in [0.15, 0.2) is 60.9 Å². The minimum atomic E-state index is -0.193. The Balaban J connectivity index is 1.08. The van der Waals surface area contributed by atoms with Crippen LogP contribution < -0.4 is 10.2 Å². The molecule has 39 heavy (non-hydrogen) atoms. The zero-order valence-corrected chi connectivity index (χ0v) is 23.4. The lowest BCUT2D eigenvalue weighted by Gasteiger charge is -2.45. The molecule has 4 aliphatic heterocycles. The summed E-state index contributed by atoms with van der Waals surface area (Å²) in [6.45, 7) is 8.38. The lowest BCUT2D eigenvalue weighted by Crippen LogP contribution is -2.53. The van der Waals surface area contributed by atoms with Crippen LogP contribution in [0.3, 0.4) is 0 Å². The number of aromatic nitrogens is 2. The summed E-state index contributed by atoms with van der Waals surface area (Å²) in [6.07, 6.45) is 8.25. The smallest absolute Gasteiger partial charge is 0.274 e. The highest BCUT2D eigenvalue weighted by Crippen LogP contribution is 2.34. The van der Waals surface area contributed by atoms with E-state index in [1.165, 1.54) is 36.8 Å². The van der Waals surface area contributed by atoms with Crippen molar-refractivity contribution in [1.82, 2.24) is 19.8 Å². The molecule has 6 heterocycles. The summed E-state index contributed by atoms with van der Waals surface area (Å²) in [6, 6.07) is 16.9. The van der Waals surface area contributed by atoms with Gasteiger partial charge in [0.2, 0.25) is 0 Å². The number of fused-ring (bicyclic) bond motifs is 4. The molecule has 2 bridgehead atoms. The molecule has 1 N–H and O–H groups in total. The maximum Gasteiger partial charge on any atom is 0.274 e. The zero-order chi connectivity index (χ0) is 26.8. The van der Waals surface area contributed by atoms with Gasteiger partial charge in [-0.2, -0.15) is 0 Å². The van der Waals surface area contributed by atoms with Crippen LogP contribution >= 0.6 is 11.6 Å². The summed E-state index contributed by atoms with van der Waals surface area (Å²) in [4.78, 5) is 29.4. The van der Waals surface area contributed by atoms with Gasteiger partial charge >= 0.3 is 0 Å². The van der Waals surface area contributed by atoms with Gasteiger partial charge in [0.1, 0.15) is 11.5 Å². The summed E-state index contributed by atoms with van der Waals surface area (Å²) in [5.74, 6) is 1.34. The van der Waals surface area contributed by atoms with Gasteiger partial charge in [-0.05, 0) is 93.1 Å². The molecule has 0 spiro atoms. The lowest BCUT2D eigenvalue weighted by molar-refractivity contribution is 0.0425. The third-order valence-corrected chi connectivity index (χ3v) is 8.97. The second-order valence-electron chi connectivity index (χ2n) is 11.4. The average Bonchev–Trinajstić information content (AvgIpc) is 3.28. The van der Waals surface area contributed by atoms with Crippen molar-refractivity contribution in [3.05, 3.63) is 82.8 Å². The van der Waals surface area contributed by atoms with Crippen LogP contribution in [0.25, 0.3) is 0 Å². The van der Waals surface area contributed by atoms with Gasteiger partial charge in [0.15, 0.2) is 0 Å². The van der Waals surface area contributed by atoms with Crippen molar-refractivity contribution >= 4 is 29.0 Å². The summed E-state index contributed by atoms with van der Waals surface area (Å²) >= 11 is 6.52. The molecule has 4 fully saturated rings. The molecule has 2 unspecified atom stereocenters. The molecule has 2 aromatic heterocycles. The van der Waals surface area contributed by atoms with Crippen LogP contribution in [0.1, 0.15) is 47.3 Å². The van der Waals surface area contributed by atoms with Gasteiger partial charge < -0.3 is 10.2 Å². The van der Waals surface area contributed by atoms with E-state index in [9.17, 15) is 4.79 Å². The first-order chi connectivity index (χ1) is 19.0. The fraction of sp³-hybridized carbons (Fsp3) is 0.452. The first kappa shape index (κ1) is 26.2. The highest BCUT2D eigenvalue weighted by Gasteiger charge is 2.39. The number of hydrogen-bond acceptors (Lipinski definition) is 6. The molecule has 0 aliphatic carbocycles. The Hall–Kier alpha value is -3.00. The standard InChI is InChI=1S/C31H37ClN6O/c1-22-5-7-24(28(32)17-22)20-36-15-11-26(12-16-36)38-19-23-6-8-27(38)21-37(18-23)30-4-2-3-29(35-30)31(39)34-25-9-13-33-14-10-25/h2-5,7,9-10,13-14,17,23,26-27H,6,8,11-12,15-16,18-21H2,1H3,(H,33,34,39). The molecule has 3 aromatic rings. The van der Waals surface area contributed by atoms with Crippen molar-refractivity contribution in [2.24, 2.45) is 5.92 Å². The van der Waals surface area contributed by atoms with Gasteiger partial charge in [-0.25, -0.2) is 4.98 Å². The van der Waals surface area contributed by atoms with Crippen LogP contribution in [0.2, 0.25) is 5.02 Å². The highest BCUT2D eigenvalue weighted by molar-refractivity contribution is 6.31. The normalized spacial score (nSPS) is 22.6. The number of nitrogens with one attached hydrogen (secondary N) is 1. The van der Waals surface area contributed by atoms with E-state index in [1.54, 1.807) is 30.6 Å². The summed E-state index contributed by atoms with van der Waals surface area (Å²) in [5.41, 5.74) is 3.61. The SMILES string of the molecule is Cc1ccc(CN2CCC(N3CC4CCC3CN(c3cccc(C(=O)Nc5ccncc5)n3)C4)CC2)c(Cl)c1. The van der Waals surface area contributed by atoms with E-state index >= 15 is 0 Å². The average molecular weight is 545 g/mol. The number of carbonyl (C=O) groups excluding carboxylic acids is 1. The number of hydrogen-bond donors (Lipinski definition) is 1. The molecule has 0 saturated carbocycles. The van der Waals surface area contributed by atoms with E-state index in [0.717, 1.165) is 55.8 Å². The number of rotatable bonds is 6. The lowest BCUT2D eigenvalue weighted by atomic mass is 9.91. The fourth-order valence-corrected chi connectivity index (χ4v) is 6.83. The number of benzene rings is 1. The second kappa shape index (κ2) is 11.6. The van der Waals surface area contributed by atoms with Crippen LogP contribution in [-0.4, -0.2) is 70.5 Å². The number of nitrogens with zero attached hydrogens (tertiary/aromatic N) is 5. The van der Waals surface area contributed by atoms with Crippen LogP contribution in [0.5, 0.6) is 0 Å². The van der Waals surface area contributed by atoms with Gasteiger partial charge in [0.25, 0.3) is 5.91 Å². The Kier molecular flexibility index (Phi) is 7.82. The topological polar surface area (TPSA) is 64.6 Å². The van der Waals surface area contributed by atoms with E-state index in [-0.39, 0.29) is 5.91 Å². The Morgan fingerprint density at radius 1 is 0.974 bits per heavy atom. The monoisotopic (exact) mass is 544 g/mol.